The molecule has 0 radical (unpaired) electrons. The van der Waals surface area contributed by atoms with Gasteiger partial charge in [0.2, 0.25) is 0 Å². The fraction of sp³-hybridized carbons (Fsp3) is 0.357. The minimum Gasteiger partial charge on any atom is -0.467 e. The van der Waals surface area contributed by atoms with E-state index in [-0.39, 0.29) is 6.54 Å². The topological polar surface area (TPSA) is 83.7 Å². The summed E-state index contributed by atoms with van der Waals surface area (Å²) >= 11 is 0. The molecule has 2 aliphatic rings. The van der Waals surface area contributed by atoms with E-state index in [0.29, 0.717) is 17.6 Å². The largest absolute Gasteiger partial charge is 0.467 e. The van der Waals surface area contributed by atoms with E-state index in [4.69, 9.17) is 4.42 Å². The summed E-state index contributed by atoms with van der Waals surface area (Å²) in [6.45, 7) is 0.185. The molecule has 1 heterocycles. The van der Waals surface area contributed by atoms with Crippen molar-refractivity contribution >= 4 is 17.5 Å². The van der Waals surface area contributed by atoms with Crippen LogP contribution in [0.5, 0.6) is 0 Å². The first kappa shape index (κ1) is 12.7. The zero-order valence-corrected chi connectivity index (χ0v) is 10.8. The Balaban J connectivity index is 1.45. The standard InChI is InChI=1S/C14H15N3O3/c18-13(15-8-10-4-2-6-20-10)14(19)17-16-12-7-9-3-1-5-11(9)12/h1-4,6,9,11H,5,7-8H2,(H,15,18)(H,17,19)/b16-12+. The van der Waals surface area contributed by atoms with Crippen molar-refractivity contribution in [3.05, 3.63) is 36.3 Å². The van der Waals surface area contributed by atoms with Crippen LogP contribution < -0.4 is 10.7 Å². The molecule has 0 aliphatic heterocycles. The van der Waals surface area contributed by atoms with Crippen LogP contribution in [-0.2, 0) is 16.1 Å². The third-order valence-electron chi connectivity index (χ3n) is 3.67. The van der Waals surface area contributed by atoms with Gasteiger partial charge >= 0.3 is 11.8 Å². The van der Waals surface area contributed by atoms with Crippen LogP contribution in [0.15, 0.2) is 40.1 Å². The van der Waals surface area contributed by atoms with Crippen LogP contribution >= 0.6 is 0 Å². The maximum atomic E-state index is 11.6. The van der Waals surface area contributed by atoms with Crippen LogP contribution in [0.3, 0.4) is 0 Å². The van der Waals surface area contributed by atoms with E-state index in [2.05, 4.69) is 28.0 Å². The number of carbonyl (C=O) groups is 2. The lowest BCUT2D eigenvalue weighted by atomic mass is 9.74. The SMILES string of the molecule is O=C(NCc1ccco1)C(=O)N/N=C1\CC2C=CCC12. The Morgan fingerprint density at radius 3 is 3.05 bits per heavy atom. The van der Waals surface area contributed by atoms with Crippen molar-refractivity contribution in [3.8, 4) is 0 Å². The smallest absolute Gasteiger partial charge is 0.329 e. The number of rotatable bonds is 3. The Morgan fingerprint density at radius 1 is 1.40 bits per heavy atom. The minimum atomic E-state index is -0.751. The fourth-order valence-electron chi connectivity index (χ4n) is 2.50. The summed E-state index contributed by atoms with van der Waals surface area (Å²) in [7, 11) is 0. The monoisotopic (exact) mass is 273 g/mol. The van der Waals surface area contributed by atoms with E-state index >= 15 is 0 Å². The number of furan rings is 1. The summed E-state index contributed by atoms with van der Waals surface area (Å²) < 4.78 is 5.05. The second kappa shape index (κ2) is 5.32. The number of nitrogens with zero attached hydrogens (tertiary/aromatic N) is 1. The lowest BCUT2D eigenvalue weighted by molar-refractivity contribution is -0.139. The normalized spacial score (nSPS) is 25.1. The summed E-state index contributed by atoms with van der Waals surface area (Å²) in [6, 6.07) is 3.44. The van der Waals surface area contributed by atoms with Gasteiger partial charge in [-0.25, -0.2) is 5.43 Å². The van der Waals surface area contributed by atoms with Gasteiger partial charge in [0.1, 0.15) is 5.76 Å². The molecule has 0 bridgehead atoms. The van der Waals surface area contributed by atoms with E-state index in [9.17, 15) is 9.59 Å². The number of hydrogen-bond donors (Lipinski definition) is 2. The highest BCUT2D eigenvalue weighted by Gasteiger charge is 2.38. The molecule has 1 fully saturated rings. The highest BCUT2D eigenvalue weighted by molar-refractivity contribution is 6.35. The van der Waals surface area contributed by atoms with Crippen LogP contribution in [0.1, 0.15) is 18.6 Å². The van der Waals surface area contributed by atoms with Gasteiger partial charge in [-0.3, -0.25) is 9.59 Å². The molecule has 1 saturated carbocycles. The number of nitrogens with one attached hydrogen (secondary N) is 2. The average molecular weight is 273 g/mol. The maximum absolute atomic E-state index is 11.6. The molecule has 6 nitrogen and oxygen atoms in total. The molecule has 2 N–H and O–H groups in total. The predicted octanol–water partition coefficient (Wildman–Crippen LogP) is 0.964. The quantitative estimate of drug-likeness (QED) is 0.489. The first-order valence-corrected chi connectivity index (χ1v) is 6.57. The van der Waals surface area contributed by atoms with E-state index in [1.54, 1.807) is 12.1 Å². The molecule has 1 aromatic heterocycles. The molecule has 2 unspecified atom stereocenters. The summed E-state index contributed by atoms with van der Waals surface area (Å²) in [5.74, 6) is 0.112. The highest BCUT2D eigenvalue weighted by Crippen LogP contribution is 2.39. The second-order valence-electron chi connectivity index (χ2n) is 4.94. The molecule has 1 aromatic rings. The maximum Gasteiger partial charge on any atom is 0.329 e. The van der Waals surface area contributed by atoms with Crippen molar-refractivity contribution in [2.45, 2.75) is 19.4 Å². The van der Waals surface area contributed by atoms with E-state index < -0.39 is 11.8 Å². The molecule has 20 heavy (non-hydrogen) atoms. The van der Waals surface area contributed by atoms with Crippen molar-refractivity contribution in [3.63, 3.8) is 0 Å². The number of amides is 2. The molecule has 2 amide bonds. The van der Waals surface area contributed by atoms with Gasteiger partial charge in [-0.1, -0.05) is 12.2 Å². The van der Waals surface area contributed by atoms with Crippen molar-refractivity contribution < 1.29 is 14.0 Å². The van der Waals surface area contributed by atoms with Crippen molar-refractivity contribution in [1.82, 2.24) is 10.7 Å². The highest BCUT2D eigenvalue weighted by atomic mass is 16.3. The van der Waals surface area contributed by atoms with Gasteiger partial charge in [-0.15, -0.1) is 0 Å². The zero-order chi connectivity index (χ0) is 13.9. The molecular weight excluding hydrogens is 258 g/mol. The third-order valence-corrected chi connectivity index (χ3v) is 3.67. The Morgan fingerprint density at radius 2 is 2.30 bits per heavy atom. The minimum absolute atomic E-state index is 0.185. The number of fused-ring (bicyclic) bond motifs is 1. The Hall–Kier alpha value is -2.37. The molecule has 2 aliphatic carbocycles. The Labute approximate surface area is 115 Å². The summed E-state index contributed by atoms with van der Waals surface area (Å²) in [5, 5.41) is 6.50. The van der Waals surface area contributed by atoms with Gasteiger partial charge in [0, 0.05) is 11.6 Å². The van der Waals surface area contributed by atoms with Crippen LogP contribution in [0, 0.1) is 11.8 Å². The molecule has 2 atom stereocenters. The predicted molar refractivity (Wildman–Crippen MR) is 71.5 cm³/mol. The van der Waals surface area contributed by atoms with Gasteiger partial charge < -0.3 is 9.73 Å². The van der Waals surface area contributed by atoms with Crippen LogP contribution in [0.25, 0.3) is 0 Å². The van der Waals surface area contributed by atoms with Crippen LogP contribution in [0.2, 0.25) is 0 Å². The van der Waals surface area contributed by atoms with Gasteiger partial charge in [0.15, 0.2) is 0 Å². The van der Waals surface area contributed by atoms with Gasteiger partial charge in [-0.2, -0.15) is 5.10 Å². The average Bonchev–Trinajstić information content (AvgIpc) is 3.06. The molecular formula is C14H15N3O3. The van der Waals surface area contributed by atoms with Crippen molar-refractivity contribution in [2.75, 3.05) is 0 Å². The van der Waals surface area contributed by atoms with E-state index in [0.717, 1.165) is 18.6 Å². The molecule has 0 saturated heterocycles. The number of carbonyl (C=O) groups excluding carboxylic acids is 2. The molecule has 3 rings (SSSR count). The lowest BCUT2D eigenvalue weighted by Crippen LogP contribution is -2.40. The summed E-state index contributed by atoms with van der Waals surface area (Å²) in [5.41, 5.74) is 3.27. The van der Waals surface area contributed by atoms with E-state index in [1.807, 2.05) is 0 Å². The van der Waals surface area contributed by atoms with Gasteiger partial charge in [0.05, 0.1) is 12.8 Å². The third kappa shape index (κ3) is 2.49. The van der Waals surface area contributed by atoms with Crippen molar-refractivity contribution in [1.29, 1.82) is 0 Å². The molecule has 0 aromatic carbocycles. The first-order valence-electron chi connectivity index (χ1n) is 6.57. The van der Waals surface area contributed by atoms with Gasteiger partial charge in [-0.05, 0) is 30.9 Å². The van der Waals surface area contributed by atoms with Crippen LogP contribution in [-0.4, -0.2) is 17.5 Å². The Kier molecular flexibility index (Phi) is 3.37. The first-order chi connectivity index (χ1) is 9.74. The number of hydrogen-bond acceptors (Lipinski definition) is 4. The molecule has 6 heteroatoms. The van der Waals surface area contributed by atoms with E-state index in [1.165, 1.54) is 6.26 Å². The number of allylic oxidation sites excluding steroid dienone is 2. The summed E-state index contributed by atoms with van der Waals surface area (Å²) in [6.07, 6.45) is 7.67. The Bertz CT molecular complexity index is 574. The lowest BCUT2D eigenvalue weighted by Gasteiger charge is -2.31. The van der Waals surface area contributed by atoms with Crippen LogP contribution in [0.4, 0.5) is 0 Å². The molecule has 0 spiro atoms. The molecule has 104 valence electrons. The van der Waals surface area contributed by atoms with Gasteiger partial charge in [0.25, 0.3) is 0 Å². The zero-order valence-electron chi connectivity index (χ0n) is 10.8. The fourth-order valence-corrected chi connectivity index (χ4v) is 2.50. The van der Waals surface area contributed by atoms with Crippen molar-refractivity contribution in [2.24, 2.45) is 16.9 Å². The second-order valence-corrected chi connectivity index (χ2v) is 4.94. The summed E-state index contributed by atoms with van der Waals surface area (Å²) in [4.78, 5) is 23.1. The number of hydrazone groups is 1.